The first-order valence-corrected chi connectivity index (χ1v) is 11.0. The van der Waals surface area contributed by atoms with Crippen molar-refractivity contribution in [3.63, 3.8) is 0 Å². The number of urea groups is 1. The van der Waals surface area contributed by atoms with Crippen LogP contribution >= 0.6 is 0 Å². The summed E-state index contributed by atoms with van der Waals surface area (Å²) in [7, 11) is 0. The fourth-order valence-electron chi connectivity index (χ4n) is 2.10. The molecule has 0 heterocycles. The fraction of sp³-hybridized carbons (Fsp3) is 0.421. The van der Waals surface area contributed by atoms with Gasteiger partial charge in [0.1, 0.15) is 12.6 Å². The smallest absolute Gasteiger partial charge is 0.326 e. The summed E-state index contributed by atoms with van der Waals surface area (Å²) >= 11 is 1.53. The standard InChI is InChI=1S/C11H15AtN2O.C8H12N2O7/c1-2-11(15)13-8-7-9-3-5-10(14-12)6-4-9;11-5(12)2-1-4(7(15)16)10-8(17)9-3-6(13)14/h3-6,14H,2,7-8H2,1H3,(H,13,15);4H,1-3H2,(H,11,12)(H,13,14)(H,15,16)(H2,9,10,17). The number of carbonyl (C=O) groups excluding carboxylic acids is 2. The van der Waals surface area contributed by atoms with Crippen LogP contribution in [0.3, 0.4) is 0 Å². The second kappa shape index (κ2) is 16.7. The van der Waals surface area contributed by atoms with Crippen molar-refractivity contribution in [2.75, 3.05) is 16.4 Å². The van der Waals surface area contributed by atoms with Crippen molar-refractivity contribution in [2.24, 2.45) is 0 Å². The topological polar surface area (TPSA) is 194 Å². The van der Waals surface area contributed by atoms with Gasteiger partial charge in [-0.2, -0.15) is 0 Å². The van der Waals surface area contributed by atoms with E-state index in [2.05, 4.69) is 32.8 Å². The summed E-state index contributed by atoms with van der Waals surface area (Å²) in [5.41, 5.74) is 2.38. The molecule has 0 aliphatic carbocycles. The molecule has 0 fully saturated rings. The van der Waals surface area contributed by atoms with E-state index in [0.29, 0.717) is 6.42 Å². The minimum absolute atomic E-state index is 0.115. The van der Waals surface area contributed by atoms with E-state index in [4.69, 9.17) is 15.3 Å². The Bertz CT molecular complexity index is 773. The largest absolute Gasteiger partial charge is 0.481 e. The second-order valence-corrected chi connectivity index (χ2v) is 7.02. The van der Waals surface area contributed by atoms with Crippen LogP contribution in [-0.2, 0) is 25.6 Å². The molecule has 32 heavy (non-hydrogen) atoms. The summed E-state index contributed by atoms with van der Waals surface area (Å²) in [6, 6.07) is 5.91. The predicted molar refractivity (Wildman–Crippen MR) is 110 cm³/mol. The van der Waals surface area contributed by atoms with Crippen molar-refractivity contribution in [1.29, 1.82) is 0 Å². The van der Waals surface area contributed by atoms with Gasteiger partial charge in [0.05, 0.1) is 0 Å². The fourth-order valence-corrected chi connectivity index (χ4v) is 2.59. The molecule has 0 aliphatic rings. The van der Waals surface area contributed by atoms with E-state index in [1.807, 2.05) is 17.6 Å². The van der Waals surface area contributed by atoms with E-state index >= 15 is 0 Å². The number of rotatable bonds is 12. The molecule has 1 aromatic carbocycles. The van der Waals surface area contributed by atoms with Gasteiger partial charge < -0.3 is 26.0 Å². The number of benzene rings is 1. The van der Waals surface area contributed by atoms with Gasteiger partial charge in [0.25, 0.3) is 0 Å². The van der Waals surface area contributed by atoms with Crippen LogP contribution in [0.4, 0.5) is 10.5 Å². The Morgan fingerprint density at radius 3 is 2.06 bits per heavy atom. The summed E-state index contributed by atoms with van der Waals surface area (Å²) in [6.45, 7) is 1.92. The van der Waals surface area contributed by atoms with Crippen LogP contribution in [0.1, 0.15) is 31.7 Å². The number of amides is 3. The van der Waals surface area contributed by atoms with Crippen molar-refractivity contribution in [2.45, 2.75) is 38.6 Å². The van der Waals surface area contributed by atoms with Crippen LogP contribution in [0.15, 0.2) is 24.3 Å². The molecular formula is C19H27AtN4O8. The third kappa shape index (κ3) is 14.9. The molecule has 7 N–H and O–H groups in total. The molecule has 1 aromatic rings. The summed E-state index contributed by atoms with van der Waals surface area (Å²) < 4.78 is 3.12. The number of hydrogen-bond donors (Lipinski definition) is 7. The Kier molecular flexibility index (Phi) is 15.2. The van der Waals surface area contributed by atoms with E-state index in [1.54, 1.807) is 0 Å². The predicted octanol–water partition coefficient (Wildman–Crippen LogP) is 0.320. The second-order valence-electron chi connectivity index (χ2n) is 6.29. The average molecular weight is 649 g/mol. The number of hydrogen-bond acceptors (Lipinski definition) is 6. The Morgan fingerprint density at radius 2 is 1.59 bits per heavy atom. The van der Waals surface area contributed by atoms with Gasteiger partial charge in [-0.15, -0.1) is 0 Å². The van der Waals surface area contributed by atoms with Crippen molar-refractivity contribution < 1.29 is 64.3 Å². The van der Waals surface area contributed by atoms with Gasteiger partial charge in [0.2, 0.25) is 0 Å². The average Bonchev–Trinajstić information content (AvgIpc) is 2.75. The van der Waals surface area contributed by atoms with Crippen LogP contribution in [0, 0.1) is 25.0 Å². The molecule has 12 nitrogen and oxygen atoms in total. The van der Waals surface area contributed by atoms with Gasteiger partial charge >= 0.3 is 130 Å². The molecule has 1 unspecified atom stereocenters. The molecule has 3 amide bonds. The minimum Gasteiger partial charge on any atom is -0.481 e. The normalized spacial score (nSPS) is 10.6. The Balaban J connectivity index is 0.000000604. The first-order valence-electron chi connectivity index (χ1n) is 9.52. The SMILES string of the molecule is CCC(=O)NCCc1ccc(N[At])cc1.O=C(O)CCC(NC(=O)NCC(=O)O)C(=O)O. The number of carbonyl (C=O) groups is 5. The zero-order valence-electron chi connectivity index (χ0n) is 17.4. The molecule has 0 radical (unpaired) electrons. The van der Waals surface area contributed by atoms with Gasteiger partial charge in [-0.1, -0.05) is 0 Å². The van der Waals surface area contributed by atoms with Crippen molar-refractivity contribution in [1.82, 2.24) is 16.0 Å². The first-order chi connectivity index (χ1) is 15.1. The van der Waals surface area contributed by atoms with Crippen LogP contribution in [-0.4, -0.2) is 64.3 Å². The van der Waals surface area contributed by atoms with E-state index in [9.17, 15) is 24.0 Å². The number of anilines is 1. The maximum absolute atomic E-state index is 11.0. The molecule has 1 rings (SSSR count). The quantitative estimate of drug-likeness (QED) is 0.167. The van der Waals surface area contributed by atoms with Crippen LogP contribution in [0.5, 0.6) is 0 Å². The van der Waals surface area contributed by atoms with E-state index in [0.717, 1.165) is 18.7 Å². The van der Waals surface area contributed by atoms with Crippen LogP contribution < -0.4 is 19.2 Å². The van der Waals surface area contributed by atoms with Crippen LogP contribution in [0.25, 0.3) is 0 Å². The molecule has 0 aromatic heterocycles. The van der Waals surface area contributed by atoms with Gasteiger partial charge in [0, 0.05) is 6.42 Å². The molecule has 0 bridgehead atoms. The molecular weight excluding hydrogens is 622 g/mol. The third-order valence-electron chi connectivity index (χ3n) is 3.77. The summed E-state index contributed by atoms with van der Waals surface area (Å²) in [5.74, 6) is -3.75. The summed E-state index contributed by atoms with van der Waals surface area (Å²) in [4.78, 5) is 53.0. The molecule has 178 valence electrons. The Morgan fingerprint density at radius 1 is 0.969 bits per heavy atom. The number of aliphatic carboxylic acids is 3. The van der Waals surface area contributed by atoms with Gasteiger partial charge in [-0.05, 0) is 6.42 Å². The number of carboxylic acid groups (broad SMARTS) is 3. The Labute approximate surface area is 200 Å². The molecule has 0 saturated heterocycles. The minimum atomic E-state index is -1.39. The maximum Gasteiger partial charge on any atom is 0.326 e. The Hall–Kier alpha value is -2.95. The van der Waals surface area contributed by atoms with E-state index in [1.165, 1.54) is 30.6 Å². The van der Waals surface area contributed by atoms with Crippen molar-refractivity contribution >= 4 is 35.5 Å². The molecule has 0 saturated carbocycles. The summed E-state index contributed by atoms with van der Waals surface area (Å²) in [5, 5.41) is 32.0. The zero-order valence-corrected chi connectivity index (χ0v) is 20.3. The zero-order chi connectivity index (χ0) is 24.5. The number of nitrogens with one attached hydrogen (secondary N) is 4. The van der Waals surface area contributed by atoms with Crippen molar-refractivity contribution in [3.8, 4) is 0 Å². The molecule has 0 spiro atoms. The van der Waals surface area contributed by atoms with Gasteiger partial charge in [0.15, 0.2) is 0 Å². The first kappa shape index (κ1) is 29.1. The third-order valence-corrected chi connectivity index (χ3v) is 4.62. The summed E-state index contributed by atoms with van der Waals surface area (Å²) in [6.07, 6.45) is 0.738. The van der Waals surface area contributed by atoms with E-state index < -0.39 is 42.9 Å². The van der Waals surface area contributed by atoms with E-state index in [-0.39, 0.29) is 12.3 Å². The van der Waals surface area contributed by atoms with Gasteiger partial charge in [-0.25, -0.2) is 9.59 Å². The van der Waals surface area contributed by atoms with Gasteiger partial charge in [-0.3, -0.25) is 9.59 Å². The molecule has 0 aliphatic heterocycles. The van der Waals surface area contributed by atoms with Crippen molar-refractivity contribution in [3.05, 3.63) is 29.8 Å². The monoisotopic (exact) mass is 649 g/mol. The number of carboxylic acids is 3. The van der Waals surface area contributed by atoms with Crippen LogP contribution in [0.2, 0.25) is 0 Å². The maximum atomic E-state index is 11.0. The molecule has 1 atom stereocenters. The molecule has 13 heteroatoms.